The largest absolute Gasteiger partial charge is 0.293 e. The Kier molecular flexibility index (Phi) is 6.90. The second-order valence-electron chi connectivity index (χ2n) is 3.34. The molecule has 0 aromatic heterocycles. The third-order valence-corrected chi connectivity index (χ3v) is 1.68. The van der Waals surface area contributed by atoms with E-state index < -0.39 is 0 Å². The highest BCUT2D eigenvalue weighted by atomic mass is 15.1. The van der Waals surface area contributed by atoms with Gasteiger partial charge in [-0.1, -0.05) is 39.5 Å². The van der Waals surface area contributed by atoms with Crippen molar-refractivity contribution in [2.24, 2.45) is 5.92 Å². The Hall–Kier alpha value is -0.480. The van der Waals surface area contributed by atoms with Crippen LogP contribution in [0.1, 0.15) is 34.1 Å². The Balaban J connectivity index is 3.66. The van der Waals surface area contributed by atoms with E-state index in [4.69, 9.17) is 0 Å². The first kappa shape index (κ1) is 11.5. The molecule has 0 N–H and O–H groups in total. The lowest BCUT2D eigenvalue weighted by Gasteiger charge is -2.15. The van der Waals surface area contributed by atoms with E-state index in [0.29, 0.717) is 5.92 Å². The van der Waals surface area contributed by atoms with Crippen LogP contribution in [0.15, 0.2) is 0 Å². The van der Waals surface area contributed by atoms with Crippen molar-refractivity contribution in [1.82, 2.24) is 4.90 Å². The lowest BCUT2D eigenvalue weighted by Crippen LogP contribution is -2.24. The van der Waals surface area contributed by atoms with E-state index in [9.17, 15) is 0 Å². The monoisotopic (exact) mass is 167 g/mol. The Morgan fingerprint density at radius 2 is 1.92 bits per heavy atom. The third-order valence-electron chi connectivity index (χ3n) is 1.68. The molecule has 0 aliphatic rings. The van der Waals surface area contributed by atoms with Crippen molar-refractivity contribution in [3.63, 3.8) is 0 Å². The van der Waals surface area contributed by atoms with Gasteiger partial charge in [0.1, 0.15) is 0 Å². The minimum atomic E-state index is 0.505. The SMILES string of the molecule is CCCN(CC)CC#CC(C)C. The van der Waals surface area contributed by atoms with E-state index in [1.54, 1.807) is 0 Å². The molecule has 0 radical (unpaired) electrons. The normalized spacial score (nSPS) is 10.2. The van der Waals surface area contributed by atoms with E-state index in [1.807, 2.05) is 0 Å². The Morgan fingerprint density at radius 3 is 2.33 bits per heavy atom. The van der Waals surface area contributed by atoms with Gasteiger partial charge in [0.25, 0.3) is 0 Å². The zero-order valence-electron chi connectivity index (χ0n) is 8.85. The van der Waals surface area contributed by atoms with Gasteiger partial charge in [0.2, 0.25) is 0 Å². The highest BCUT2D eigenvalue weighted by molar-refractivity contribution is 5.03. The van der Waals surface area contributed by atoms with Crippen LogP contribution in [0.5, 0.6) is 0 Å². The molecule has 0 aliphatic carbocycles. The fourth-order valence-corrected chi connectivity index (χ4v) is 1.03. The summed E-state index contributed by atoms with van der Waals surface area (Å²) in [6.45, 7) is 11.9. The van der Waals surface area contributed by atoms with Gasteiger partial charge in [0.05, 0.1) is 6.54 Å². The molecular weight excluding hydrogens is 146 g/mol. The molecule has 0 spiro atoms. The summed E-state index contributed by atoms with van der Waals surface area (Å²) in [5.74, 6) is 6.88. The molecule has 0 amide bonds. The number of hydrogen-bond acceptors (Lipinski definition) is 1. The molecule has 0 aromatic rings. The summed E-state index contributed by atoms with van der Waals surface area (Å²) >= 11 is 0. The van der Waals surface area contributed by atoms with Crippen molar-refractivity contribution in [1.29, 1.82) is 0 Å². The zero-order chi connectivity index (χ0) is 9.40. The van der Waals surface area contributed by atoms with Crippen LogP contribution in [0.25, 0.3) is 0 Å². The van der Waals surface area contributed by atoms with Crippen LogP contribution in [-0.2, 0) is 0 Å². The molecule has 1 heteroatoms. The number of nitrogens with zero attached hydrogens (tertiary/aromatic N) is 1. The van der Waals surface area contributed by atoms with Crippen molar-refractivity contribution in [3.05, 3.63) is 0 Å². The van der Waals surface area contributed by atoms with Crippen LogP contribution in [0.3, 0.4) is 0 Å². The van der Waals surface area contributed by atoms with Crippen molar-refractivity contribution in [2.75, 3.05) is 19.6 Å². The van der Waals surface area contributed by atoms with Crippen molar-refractivity contribution in [2.45, 2.75) is 34.1 Å². The van der Waals surface area contributed by atoms with Gasteiger partial charge < -0.3 is 0 Å². The summed E-state index contributed by atoms with van der Waals surface area (Å²) in [6, 6.07) is 0. The van der Waals surface area contributed by atoms with Crippen LogP contribution in [0.4, 0.5) is 0 Å². The van der Waals surface area contributed by atoms with Gasteiger partial charge in [-0.2, -0.15) is 0 Å². The summed E-state index contributed by atoms with van der Waals surface area (Å²) in [4.78, 5) is 2.37. The first-order valence-electron chi connectivity index (χ1n) is 4.91. The Labute approximate surface area is 77.1 Å². The van der Waals surface area contributed by atoms with Gasteiger partial charge in [-0.05, 0) is 19.5 Å². The standard InChI is InChI=1S/C11H21N/c1-5-9-12(6-2)10-7-8-11(3)4/h11H,5-6,9-10H2,1-4H3. The van der Waals surface area contributed by atoms with Gasteiger partial charge in [0.15, 0.2) is 0 Å². The van der Waals surface area contributed by atoms with E-state index in [1.165, 1.54) is 13.0 Å². The molecule has 0 saturated heterocycles. The molecule has 0 fully saturated rings. The molecule has 0 unspecified atom stereocenters. The van der Waals surface area contributed by atoms with Crippen molar-refractivity contribution in [3.8, 4) is 11.8 Å². The van der Waals surface area contributed by atoms with E-state index in [0.717, 1.165) is 13.1 Å². The molecule has 0 saturated carbocycles. The summed E-state index contributed by atoms with van der Waals surface area (Å²) in [5.41, 5.74) is 0. The topological polar surface area (TPSA) is 3.24 Å². The predicted octanol–water partition coefficient (Wildman–Crippen LogP) is 2.38. The molecule has 0 aliphatic heterocycles. The van der Waals surface area contributed by atoms with Gasteiger partial charge in [-0.3, -0.25) is 4.90 Å². The van der Waals surface area contributed by atoms with Crippen LogP contribution in [0, 0.1) is 17.8 Å². The predicted molar refractivity (Wildman–Crippen MR) is 55.0 cm³/mol. The summed E-state index contributed by atoms with van der Waals surface area (Å²) < 4.78 is 0. The summed E-state index contributed by atoms with van der Waals surface area (Å²) in [6.07, 6.45) is 1.22. The lowest BCUT2D eigenvalue weighted by atomic mass is 10.2. The summed E-state index contributed by atoms with van der Waals surface area (Å²) in [7, 11) is 0. The van der Waals surface area contributed by atoms with Gasteiger partial charge in [-0.25, -0.2) is 0 Å². The van der Waals surface area contributed by atoms with Gasteiger partial charge >= 0.3 is 0 Å². The van der Waals surface area contributed by atoms with Crippen molar-refractivity contribution < 1.29 is 0 Å². The van der Waals surface area contributed by atoms with E-state index >= 15 is 0 Å². The lowest BCUT2D eigenvalue weighted by molar-refractivity contribution is 0.324. The first-order chi connectivity index (χ1) is 5.70. The molecule has 12 heavy (non-hydrogen) atoms. The minimum Gasteiger partial charge on any atom is -0.293 e. The number of rotatable bonds is 4. The van der Waals surface area contributed by atoms with Crippen LogP contribution >= 0.6 is 0 Å². The van der Waals surface area contributed by atoms with Crippen LogP contribution in [0.2, 0.25) is 0 Å². The number of hydrogen-bond donors (Lipinski definition) is 0. The second kappa shape index (κ2) is 7.18. The third kappa shape index (κ3) is 6.24. The smallest absolute Gasteiger partial charge is 0.0601 e. The van der Waals surface area contributed by atoms with E-state index in [2.05, 4.69) is 44.4 Å². The van der Waals surface area contributed by atoms with E-state index in [-0.39, 0.29) is 0 Å². The Bertz CT molecular complexity index is 150. The second-order valence-corrected chi connectivity index (χ2v) is 3.34. The minimum absolute atomic E-state index is 0.505. The average Bonchev–Trinajstić information content (AvgIpc) is 2.02. The average molecular weight is 167 g/mol. The fraction of sp³-hybridized carbons (Fsp3) is 0.818. The zero-order valence-corrected chi connectivity index (χ0v) is 8.85. The van der Waals surface area contributed by atoms with Gasteiger partial charge in [0, 0.05) is 5.92 Å². The molecule has 0 aromatic carbocycles. The first-order valence-corrected chi connectivity index (χ1v) is 4.91. The molecule has 0 atom stereocenters. The maximum absolute atomic E-state index is 3.20. The fourth-order valence-electron chi connectivity index (χ4n) is 1.03. The van der Waals surface area contributed by atoms with Crippen molar-refractivity contribution >= 4 is 0 Å². The van der Waals surface area contributed by atoms with Crippen LogP contribution < -0.4 is 0 Å². The molecule has 0 rings (SSSR count). The molecule has 0 heterocycles. The molecule has 70 valence electrons. The quantitative estimate of drug-likeness (QED) is 0.581. The highest BCUT2D eigenvalue weighted by Gasteiger charge is 1.95. The summed E-state index contributed by atoms with van der Waals surface area (Å²) in [5, 5.41) is 0. The maximum atomic E-state index is 3.20. The Morgan fingerprint density at radius 1 is 1.25 bits per heavy atom. The van der Waals surface area contributed by atoms with Crippen LogP contribution in [-0.4, -0.2) is 24.5 Å². The molecule has 1 nitrogen and oxygen atoms in total. The van der Waals surface area contributed by atoms with Gasteiger partial charge in [-0.15, -0.1) is 0 Å². The highest BCUT2D eigenvalue weighted by Crippen LogP contribution is 1.90. The molecular formula is C11H21N. The molecule has 0 bridgehead atoms. The maximum Gasteiger partial charge on any atom is 0.0601 e.